The maximum absolute atomic E-state index is 11.8. The van der Waals surface area contributed by atoms with E-state index in [1.165, 1.54) is 15.3 Å². The average Bonchev–Trinajstić information content (AvgIpc) is 3.15. The Labute approximate surface area is 158 Å². The van der Waals surface area contributed by atoms with Crippen LogP contribution in [0.4, 0.5) is 0 Å². The standard InChI is InChI=1S/C19H26N4O2S/c1-15-6-8-16(9-7-15)25-11-10-20-19(22-14-18(24)23(2)3)21-13-17-5-4-12-26-17/h4-9,12H,10-11,13-14H2,1-3H3,(H2,20,21,22). The van der Waals surface area contributed by atoms with Crippen molar-refractivity contribution in [3.63, 3.8) is 0 Å². The molecule has 0 aliphatic heterocycles. The van der Waals surface area contributed by atoms with Crippen molar-refractivity contribution in [1.29, 1.82) is 0 Å². The van der Waals surface area contributed by atoms with E-state index in [1.54, 1.807) is 25.4 Å². The Kier molecular flexibility index (Phi) is 7.95. The zero-order chi connectivity index (χ0) is 18.8. The van der Waals surface area contributed by atoms with E-state index < -0.39 is 0 Å². The zero-order valence-electron chi connectivity index (χ0n) is 15.5. The molecule has 0 saturated carbocycles. The van der Waals surface area contributed by atoms with Gasteiger partial charge in [-0.15, -0.1) is 11.3 Å². The summed E-state index contributed by atoms with van der Waals surface area (Å²) in [4.78, 5) is 18.8. The molecule has 140 valence electrons. The highest BCUT2D eigenvalue weighted by atomic mass is 32.1. The molecule has 0 fully saturated rings. The summed E-state index contributed by atoms with van der Waals surface area (Å²) in [5.41, 5.74) is 1.20. The van der Waals surface area contributed by atoms with Crippen molar-refractivity contribution < 1.29 is 9.53 Å². The van der Waals surface area contributed by atoms with Gasteiger partial charge in [0.1, 0.15) is 18.9 Å². The minimum Gasteiger partial charge on any atom is -0.492 e. The lowest BCUT2D eigenvalue weighted by atomic mass is 10.2. The smallest absolute Gasteiger partial charge is 0.243 e. The first kappa shape index (κ1) is 19.8. The van der Waals surface area contributed by atoms with Gasteiger partial charge in [-0.1, -0.05) is 23.8 Å². The maximum atomic E-state index is 11.8. The van der Waals surface area contributed by atoms with Gasteiger partial charge < -0.3 is 20.3 Å². The number of amides is 1. The molecule has 26 heavy (non-hydrogen) atoms. The van der Waals surface area contributed by atoms with Crippen LogP contribution in [0.1, 0.15) is 10.4 Å². The van der Waals surface area contributed by atoms with Crippen molar-refractivity contribution >= 4 is 23.2 Å². The predicted molar refractivity (Wildman–Crippen MR) is 107 cm³/mol. The fraction of sp³-hybridized carbons (Fsp3) is 0.368. The Morgan fingerprint density at radius 2 is 1.96 bits per heavy atom. The SMILES string of the molecule is Cc1ccc(OCCNC(=NCC(=O)N(C)C)NCc2cccs2)cc1. The fourth-order valence-electron chi connectivity index (χ4n) is 2.02. The van der Waals surface area contributed by atoms with Crippen LogP contribution in [-0.2, 0) is 11.3 Å². The molecule has 0 aliphatic carbocycles. The van der Waals surface area contributed by atoms with E-state index in [0.29, 0.717) is 25.7 Å². The van der Waals surface area contributed by atoms with Crippen molar-refractivity contribution in [2.24, 2.45) is 4.99 Å². The van der Waals surface area contributed by atoms with Gasteiger partial charge in [0.2, 0.25) is 5.91 Å². The third-order valence-electron chi connectivity index (χ3n) is 3.57. The van der Waals surface area contributed by atoms with Crippen LogP contribution in [0.15, 0.2) is 46.8 Å². The van der Waals surface area contributed by atoms with E-state index in [0.717, 1.165) is 5.75 Å². The van der Waals surface area contributed by atoms with E-state index in [-0.39, 0.29) is 12.5 Å². The minimum atomic E-state index is -0.0434. The Hall–Kier alpha value is -2.54. The molecule has 2 aromatic rings. The van der Waals surface area contributed by atoms with Gasteiger partial charge in [-0.25, -0.2) is 4.99 Å². The number of rotatable bonds is 8. The van der Waals surface area contributed by atoms with Crippen LogP contribution in [0.3, 0.4) is 0 Å². The van der Waals surface area contributed by atoms with Crippen molar-refractivity contribution in [2.75, 3.05) is 33.8 Å². The summed E-state index contributed by atoms with van der Waals surface area (Å²) in [6.45, 7) is 3.90. The van der Waals surface area contributed by atoms with Gasteiger partial charge in [-0.2, -0.15) is 0 Å². The van der Waals surface area contributed by atoms with E-state index in [9.17, 15) is 4.79 Å². The molecule has 1 amide bonds. The van der Waals surface area contributed by atoms with Crippen LogP contribution >= 0.6 is 11.3 Å². The average molecular weight is 375 g/mol. The van der Waals surface area contributed by atoms with Gasteiger partial charge >= 0.3 is 0 Å². The molecule has 7 heteroatoms. The largest absolute Gasteiger partial charge is 0.492 e. The number of carbonyl (C=O) groups is 1. The van der Waals surface area contributed by atoms with Crippen LogP contribution in [0.5, 0.6) is 5.75 Å². The van der Waals surface area contributed by atoms with Gasteiger partial charge in [-0.05, 0) is 30.5 Å². The predicted octanol–water partition coefficient (Wildman–Crippen LogP) is 2.26. The van der Waals surface area contributed by atoms with Crippen molar-refractivity contribution in [3.8, 4) is 5.75 Å². The van der Waals surface area contributed by atoms with E-state index in [4.69, 9.17) is 4.74 Å². The summed E-state index contributed by atoms with van der Waals surface area (Å²) >= 11 is 1.68. The van der Waals surface area contributed by atoms with Gasteiger partial charge in [0.15, 0.2) is 5.96 Å². The molecule has 6 nitrogen and oxygen atoms in total. The summed E-state index contributed by atoms with van der Waals surface area (Å²) in [5, 5.41) is 8.49. The molecule has 1 aromatic carbocycles. The summed E-state index contributed by atoms with van der Waals surface area (Å²) in [5.74, 6) is 1.39. The molecular formula is C19H26N4O2S. The lowest BCUT2D eigenvalue weighted by molar-refractivity contribution is -0.127. The number of benzene rings is 1. The van der Waals surface area contributed by atoms with E-state index in [1.807, 2.05) is 42.6 Å². The summed E-state index contributed by atoms with van der Waals surface area (Å²) in [6.07, 6.45) is 0. The van der Waals surface area contributed by atoms with Crippen LogP contribution in [0, 0.1) is 6.92 Å². The first-order valence-electron chi connectivity index (χ1n) is 8.49. The molecule has 2 rings (SSSR count). The molecule has 1 aromatic heterocycles. The Morgan fingerprint density at radius 1 is 1.19 bits per heavy atom. The summed E-state index contributed by atoms with van der Waals surface area (Å²) < 4.78 is 5.71. The van der Waals surface area contributed by atoms with E-state index >= 15 is 0 Å². The van der Waals surface area contributed by atoms with Crippen molar-refractivity contribution in [2.45, 2.75) is 13.5 Å². The highest BCUT2D eigenvalue weighted by molar-refractivity contribution is 7.09. The molecule has 0 unspecified atom stereocenters. The number of aryl methyl sites for hydroxylation is 1. The Balaban J connectivity index is 1.82. The van der Waals surface area contributed by atoms with Crippen LogP contribution in [0.25, 0.3) is 0 Å². The third-order valence-corrected chi connectivity index (χ3v) is 4.44. The number of nitrogens with zero attached hydrogens (tertiary/aromatic N) is 2. The van der Waals surface area contributed by atoms with Crippen LogP contribution in [0.2, 0.25) is 0 Å². The van der Waals surface area contributed by atoms with Crippen LogP contribution in [-0.4, -0.2) is 50.6 Å². The Bertz CT molecular complexity index is 697. The van der Waals surface area contributed by atoms with E-state index in [2.05, 4.69) is 21.7 Å². The number of aliphatic imine (C=N–C) groups is 1. The number of hydrogen-bond acceptors (Lipinski definition) is 4. The molecule has 0 atom stereocenters. The molecule has 2 N–H and O–H groups in total. The first-order valence-corrected chi connectivity index (χ1v) is 9.37. The Morgan fingerprint density at radius 3 is 2.62 bits per heavy atom. The normalized spacial score (nSPS) is 11.1. The molecular weight excluding hydrogens is 348 g/mol. The maximum Gasteiger partial charge on any atom is 0.243 e. The van der Waals surface area contributed by atoms with Crippen molar-refractivity contribution in [1.82, 2.24) is 15.5 Å². The fourth-order valence-corrected chi connectivity index (χ4v) is 2.66. The number of likely N-dealkylation sites (N-methyl/N-ethyl adjacent to an activating group) is 1. The molecule has 0 aliphatic rings. The number of ether oxygens (including phenoxy) is 1. The highest BCUT2D eigenvalue weighted by Crippen LogP contribution is 2.10. The summed E-state index contributed by atoms with van der Waals surface area (Å²) in [7, 11) is 3.44. The van der Waals surface area contributed by atoms with Gasteiger partial charge in [0, 0.05) is 19.0 Å². The number of guanidine groups is 1. The monoisotopic (exact) mass is 374 g/mol. The minimum absolute atomic E-state index is 0.0434. The number of carbonyl (C=O) groups excluding carboxylic acids is 1. The summed E-state index contributed by atoms with van der Waals surface area (Å²) in [6, 6.07) is 12.0. The van der Waals surface area contributed by atoms with Gasteiger partial charge in [0.25, 0.3) is 0 Å². The number of hydrogen-bond donors (Lipinski definition) is 2. The quantitative estimate of drug-likeness (QED) is 0.423. The van der Waals surface area contributed by atoms with Gasteiger partial charge in [0.05, 0.1) is 13.1 Å². The second-order valence-electron chi connectivity index (χ2n) is 5.97. The number of thiophene rings is 1. The van der Waals surface area contributed by atoms with Crippen molar-refractivity contribution in [3.05, 3.63) is 52.2 Å². The lowest BCUT2D eigenvalue weighted by Gasteiger charge is -2.14. The molecule has 0 bridgehead atoms. The molecule has 1 heterocycles. The lowest BCUT2D eigenvalue weighted by Crippen LogP contribution is -2.40. The molecule has 0 saturated heterocycles. The molecule has 0 spiro atoms. The molecule has 0 radical (unpaired) electrons. The second-order valence-corrected chi connectivity index (χ2v) is 7.01. The zero-order valence-corrected chi connectivity index (χ0v) is 16.3. The van der Waals surface area contributed by atoms with Crippen LogP contribution < -0.4 is 15.4 Å². The first-order chi connectivity index (χ1) is 12.5. The second kappa shape index (κ2) is 10.5. The third kappa shape index (κ3) is 7.14. The van der Waals surface area contributed by atoms with Gasteiger partial charge in [-0.3, -0.25) is 4.79 Å². The topological polar surface area (TPSA) is 66.0 Å². The number of nitrogens with one attached hydrogen (secondary N) is 2. The highest BCUT2D eigenvalue weighted by Gasteiger charge is 2.05.